The molecule has 4 heteroatoms. The number of hydrogen-bond acceptors (Lipinski definition) is 3. The average Bonchev–Trinajstić information content (AvgIpc) is 2.63. The van der Waals surface area contributed by atoms with E-state index in [1.807, 2.05) is 42.5 Å². The second-order valence-corrected chi connectivity index (χ2v) is 6.28. The third-order valence-electron chi connectivity index (χ3n) is 4.38. The van der Waals surface area contributed by atoms with Gasteiger partial charge in [-0.25, -0.2) is 0 Å². The predicted octanol–water partition coefficient (Wildman–Crippen LogP) is 3.30. The SMILES string of the molecule is O=C(NC1CCC(O)CC1)c1cccc(OCc2ccccc2)c1. The molecule has 1 fully saturated rings. The van der Waals surface area contributed by atoms with Crippen molar-refractivity contribution in [3.8, 4) is 5.75 Å². The summed E-state index contributed by atoms with van der Waals surface area (Å²) in [7, 11) is 0. The molecule has 2 aromatic carbocycles. The van der Waals surface area contributed by atoms with E-state index in [-0.39, 0.29) is 18.1 Å². The number of carbonyl (C=O) groups excluding carboxylic acids is 1. The van der Waals surface area contributed by atoms with Crippen molar-refractivity contribution < 1.29 is 14.6 Å². The summed E-state index contributed by atoms with van der Waals surface area (Å²) in [5, 5.41) is 12.6. The molecule has 0 bridgehead atoms. The van der Waals surface area contributed by atoms with Crippen LogP contribution in [0.2, 0.25) is 0 Å². The first-order valence-corrected chi connectivity index (χ1v) is 8.46. The molecule has 1 amide bonds. The molecule has 0 atom stereocenters. The van der Waals surface area contributed by atoms with Crippen LogP contribution in [0.5, 0.6) is 5.75 Å². The van der Waals surface area contributed by atoms with Crippen LogP contribution in [-0.4, -0.2) is 23.2 Å². The van der Waals surface area contributed by atoms with Crippen LogP contribution in [0.3, 0.4) is 0 Å². The molecule has 4 nitrogen and oxygen atoms in total. The first-order chi connectivity index (χ1) is 11.7. The number of carbonyl (C=O) groups is 1. The van der Waals surface area contributed by atoms with Gasteiger partial charge in [0.25, 0.3) is 5.91 Å². The van der Waals surface area contributed by atoms with Crippen molar-refractivity contribution in [2.75, 3.05) is 0 Å². The number of hydrogen-bond donors (Lipinski definition) is 2. The van der Waals surface area contributed by atoms with Crippen molar-refractivity contribution >= 4 is 5.91 Å². The van der Waals surface area contributed by atoms with E-state index in [1.165, 1.54) is 0 Å². The largest absolute Gasteiger partial charge is 0.489 e. The summed E-state index contributed by atoms with van der Waals surface area (Å²) in [6.07, 6.45) is 2.96. The lowest BCUT2D eigenvalue weighted by Crippen LogP contribution is -2.38. The van der Waals surface area contributed by atoms with Crippen molar-refractivity contribution in [1.82, 2.24) is 5.32 Å². The van der Waals surface area contributed by atoms with Gasteiger partial charge in [0, 0.05) is 11.6 Å². The fraction of sp³-hybridized carbons (Fsp3) is 0.350. The molecule has 0 spiro atoms. The Morgan fingerprint density at radius 1 is 1.04 bits per heavy atom. The number of benzene rings is 2. The summed E-state index contributed by atoms with van der Waals surface area (Å²) in [4.78, 5) is 12.4. The molecule has 1 aliphatic rings. The molecule has 0 unspecified atom stereocenters. The quantitative estimate of drug-likeness (QED) is 0.887. The first kappa shape index (κ1) is 16.5. The minimum atomic E-state index is -0.215. The van der Waals surface area contributed by atoms with Crippen LogP contribution in [0.15, 0.2) is 54.6 Å². The second-order valence-electron chi connectivity index (χ2n) is 6.28. The van der Waals surface area contributed by atoms with Gasteiger partial charge in [-0.1, -0.05) is 36.4 Å². The van der Waals surface area contributed by atoms with E-state index in [2.05, 4.69) is 5.32 Å². The highest BCUT2D eigenvalue weighted by Crippen LogP contribution is 2.20. The van der Waals surface area contributed by atoms with E-state index in [0.717, 1.165) is 31.2 Å². The van der Waals surface area contributed by atoms with Gasteiger partial charge in [-0.05, 0) is 49.4 Å². The Balaban J connectivity index is 1.57. The van der Waals surface area contributed by atoms with Gasteiger partial charge in [-0.3, -0.25) is 4.79 Å². The van der Waals surface area contributed by atoms with E-state index >= 15 is 0 Å². The van der Waals surface area contributed by atoms with E-state index in [0.29, 0.717) is 17.9 Å². The molecule has 0 saturated heterocycles. The Morgan fingerprint density at radius 3 is 2.54 bits per heavy atom. The zero-order valence-electron chi connectivity index (χ0n) is 13.7. The molecule has 1 aliphatic carbocycles. The lowest BCUT2D eigenvalue weighted by molar-refractivity contribution is 0.0867. The molecular weight excluding hydrogens is 302 g/mol. The Morgan fingerprint density at radius 2 is 1.79 bits per heavy atom. The average molecular weight is 325 g/mol. The van der Waals surface area contributed by atoms with Crippen LogP contribution in [0.25, 0.3) is 0 Å². The lowest BCUT2D eigenvalue weighted by atomic mass is 9.93. The summed E-state index contributed by atoms with van der Waals surface area (Å²) in [5.41, 5.74) is 1.69. The molecule has 2 N–H and O–H groups in total. The van der Waals surface area contributed by atoms with Gasteiger partial charge in [0.05, 0.1) is 6.10 Å². The van der Waals surface area contributed by atoms with Crippen LogP contribution in [-0.2, 0) is 6.61 Å². The molecule has 0 aromatic heterocycles. The molecule has 1 saturated carbocycles. The van der Waals surface area contributed by atoms with Crippen molar-refractivity contribution in [1.29, 1.82) is 0 Å². The van der Waals surface area contributed by atoms with Crippen LogP contribution in [0, 0.1) is 0 Å². The van der Waals surface area contributed by atoms with Crippen LogP contribution in [0.1, 0.15) is 41.6 Å². The molecule has 24 heavy (non-hydrogen) atoms. The molecule has 3 rings (SSSR count). The predicted molar refractivity (Wildman–Crippen MR) is 92.9 cm³/mol. The number of aliphatic hydroxyl groups excluding tert-OH is 1. The Bertz CT molecular complexity index is 664. The monoisotopic (exact) mass is 325 g/mol. The highest BCUT2D eigenvalue weighted by Gasteiger charge is 2.21. The van der Waals surface area contributed by atoms with Gasteiger partial charge >= 0.3 is 0 Å². The second kappa shape index (κ2) is 7.97. The standard InChI is InChI=1S/C20H23NO3/c22-18-11-9-17(10-12-18)21-20(23)16-7-4-8-19(13-16)24-14-15-5-2-1-3-6-15/h1-8,13,17-18,22H,9-12,14H2,(H,21,23). The van der Waals surface area contributed by atoms with Gasteiger partial charge in [0.15, 0.2) is 0 Å². The van der Waals surface area contributed by atoms with Gasteiger partial charge in [0.2, 0.25) is 0 Å². The van der Waals surface area contributed by atoms with E-state index in [4.69, 9.17) is 4.74 Å². The summed E-state index contributed by atoms with van der Waals surface area (Å²) < 4.78 is 5.77. The van der Waals surface area contributed by atoms with E-state index in [1.54, 1.807) is 12.1 Å². The summed E-state index contributed by atoms with van der Waals surface area (Å²) in [5.74, 6) is 0.604. The van der Waals surface area contributed by atoms with Crippen molar-refractivity contribution in [3.05, 3.63) is 65.7 Å². The number of amides is 1. The van der Waals surface area contributed by atoms with Crippen molar-refractivity contribution in [3.63, 3.8) is 0 Å². The van der Waals surface area contributed by atoms with Gasteiger partial charge in [-0.2, -0.15) is 0 Å². The number of nitrogens with one attached hydrogen (secondary N) is 1. The van der Waals surface area contributed by atoms with E-state index in [9.17, 15) is 9.90 Å². The third-order valence-corrected chi connectivity index (χ3v) is 4.38. The maximum atomic E-state index is 12.4. The topological polar surface area (TPSA) is 58.6 Å². The minimum Gasteiger partial charge on any atom is -0.489 e. The number of ether oxygens (including phenoxy) is 1. The van der Waals surface area contributed by atoms with Gasteiger partial charge < -0.3 is 15.2 Å². The number of rotatable bonds is 5. The fourth-order valence-corrected chi connectivity index (χ4v) is 2.96. The minimum absolute atomic E-state index is 0.0819. The zero-order chi connectivity index (χ0) is 16.8. The molecular formula is C20H23NO3. The van der Waals surface area contributed by atoms with Crippen molar-refractivity contribution in [2.45, 2.75) is 44.4 Å². The molecule has 2 aromatic rings. The van der Waals surface area contributed by atoms with Crippen LogP contribution < -0.4 is 10.1 Å². The van der Waals surface area contributed by atoms with E-state index < -0.39 is 0 Å². The highest BCUT2D eigenvalue weighted by molar-refractivity contribution is 5.94. The van der Waals surface area contributed by atoms with Gasteiger partial charge in [0.1, 0.15) is 12.4 Å². The fourth-order valence-electron chi connectivity index (χ4n) is 2.96. The maximum Gasteiger partial charge on any atom is 0.251 e. The Labute approximate surface area is 142 Å². The highest BCUT2D eigenvalue weighted by atomic mass is 16.5. The summed E-state index contributed by atoms with van der Waals surface area (Å²) >= 11 is 0. The number of aliphatic hydroxyl groups is 1. The summed E-state index contributed by atoms with van der Waals surface area (Å²) in [6, 6.07) is 17.3. The third kappa shape index (κ3) is 4.59. The normalized spacial score (nSPS) is 20.4. The lowest BCUT2D eigenvalue weighted by Gasteiger charge is -2.26. The smallest absolute Gasteiger partial charge is 0.251 e. The van der Waals surface area contributed by atoms with Crippen LogP contribution in [0.4, 0.5) is 0 Å². The zero-order valence-corrected chi connectivity index (χ0v) is 13.7. The van der Waals surface area contributed by atoms with Gasteiger partial charge in [-0.15, -0.1) is 0 Å². The molecule has 0 aliphatic heterocycles. The molecule has 0 heterocycles. The van der Waals surface area contributed by atoms with Crippen LogP contribution >= 0.6 is 0 Å². The Hall–Kier alpha value is -2.33. The first-order valence-electron chi connectivity index (χ1n) is 8.46. The maximum absolute atomic E-state index is 12.4. The summed E-state index contributed by atoms with van der Waals surface area (Å²) in [6.45, 7) is 0.479. The molecule has 0 radical (unpaired) electrons. The Kier molecular flexibility index (Phi) is 5.49. The van der Waals surface area contributed by atoms with Crippen molar-refractivity contribution in [2.24, 2.45) is 0 Å². The molecule has 126 valence electrons.